The lowest BCUT2D eigenvalue weighted by atomic mass is 10.1. The number of nitrogens with one attached hydrogen (secondary N) is 2. The molecule has 0 spiro atoms. The van der Waals surface area contributed by atoms with Crippen LogP contribution in [0.3, 0.4) is 0 Å². The normalized spacial score (nSPS) is 15.1. The summed E-state index contributed by atoms with van der Waals surface area (Å²) in [4.78, 5) is 26.8. The maximum Gasteiger partial charge on any atom is 0.262 e. The summed E-state index contributed by atoms with van der Waals surface area (Å²) in [5.74, 6) is 1.10. The molecule has 0 bridgehead atoms. The molecule has 0 unspecified atom stereocenters. The molecular formula is C22H27N3O4. The van der Waals surface area contributed by atoms with Crippen molar-refractivity contribution in [3.8, 4) is 11.5 Å². The number of carbonyl (C=O) groups excluding carboxylic acids is 2. The van der Waals surface area contributed by atoms with E-state index in [0.717, 1.165) is 23.4 Å². The minimum absolute atomic E-state index is 0.120. The molecule has 0 fully saturated rings. The first kappa shape index (κ1) is 20.5. The molecule has 154 valence electrons. The second-order valence-electron chi connectivity index (χ2n) is 6.87. The summed E-state index contributed by atoms with van der Waals surface area (Å²) in [6, 6.07) is 15.0. The van der Waals surface area contributed by atoms with Crippen molar-refractivity contribution >= 4 is 17.5 Å². The average molecular weight is 397 g/mol. The molecule has 2 aromatic rings. The third kappa shape index (κ3) is 5.40. The smallest absolute Gasteiger partial charge is 0.262 e. The summed E-state index contributed by atoms with van der Waals surface area (Å²) in [5.41, 5.74) is 1.80. The van der Waals surface area contributed by atoms with Crippen molar-refractivity contribution in [1.82, 2.24) is 10.6 Å². The van der Waals surface area contributed by atoms with Crippen LogP contribution in [0, 0.1) is 0 Å². The van der Waals surface area contributed by atoms with Crippen LogP contribution in [0.4, 0.5) is 5.69 Å². The molecule has 2 amide bonds. The van der Waals surface area contributed by atoms with Crippen LogP contribution in [0.15, 0.2) is 48.5 Å². The van der Waals surface area contributed by atoms with Crippen molar-refractivity contribution in [3.63, 3.8) is 0 Å². The molecule has 1 atom stereocenters. The summed E-state index contributed by atoms with van der Waals surface area (Å²) in [6.07, 6.45) is 0.206. The molecule has 0 aromatic heterocycles. The fourth-order valence-corrected chi connectivity index (χ4v) is 3.13. The van der Waals surface area contributed by atoms with E-state index >= 15 is 0 Å². The van der Waals surface area contributed by atoms with Gasteiger partial charge < -0.3 is 25.0 Å². The van der Waals surface area contributed by atoms with Gasteiger partial charge in [0.15, 0.2) is 6.10 Å². The summed E-state index contributed by atoms with van der Waals surface area (Å²) in [5, 5.41) is 5.79. The summed E-state index contributed by atoms with van der Waals surface area (Å²) < 4.78 is 11.0. The van der Waals surface area contributed by atoms with E-state index in [-0.39, 0.29) is 18.4 Å². The number of benzene rings is 2. The largest absolute Gasteiger partial charge is 0.497 e. The zero-order valence-electron chi connectivity index (χ0n) is 16.8. The standard InChI is InChI=1S/C22H27N3O4/c1-3-12-23-22(27)20-14-25(18-6-4-5-7-19(18)29-20)15-21(26)24-13-16-8-10-17(28-2)11-9-16/h4-11,20H,3,12-15H2,1-2H3,(H,23,27)(H,24,26)/t20-/m1/s1. The van der Waals surface area contributed by atoms with Gasteiger partial charge in [-0.05, 0) is 36.2 Å². The molecule has 1 aliphatic rings. The van der Waals surface area contributed by atoms with Gasteiger partial charge in [0.25, 0.3) is 5.91 Å². The Hall–Kier alpha value is -3.22. The Morgan fingerprint density at radius 2 is 1.90 bits per heavy atom. The number of rotatable bonds is 8. The molecule has 1 heterocycles. The highest BCUT2D eigenvalue weighted by Gasteiger charge is 2.31. The van der Waals surface area contributed by atoms with Gasteiger partial charge in [0.1, 0.15) is 11.5 Å². The monoisotopic (exact) mass is 397 g/mol. The van der Waals surface area contributed by atoms with E-state index in [1.807, 2.05) is 60.4 Å². The lowest BCUT2D eigenvalue weighted by molar-refractivity contribution is -0.128. The topological polar surface area (TPSA) is 79.9 Å². The molecule has 2 N–H and O–H groups in total. The van der Waals surface area contributed by atoms with Crippen LogP contribution < -0.4 is 25.0 Å². The van der Waals surface area contributed by atoms with Gasteiger partial charge in [-0.25, -0.2) is 0 Å². The van der Waals surface area contributed by atoms with Crippen LogP contribution in [-0.2, 0) is 16.1 Å². The van der Waals surface area contributed by atoms with Crippen LogP contribution >= 0.6 is 0 Å². The molecule has 3 rings (SSSR count). The number of anilines is 1. The summed E-state index contributed by atoms with van der Waals surface area (Å²) in [7, 11) is 1.62. The Kier molecular flexibility index (Phi) is 6.94. The van der Waals surface area contributed by atoms with Crippen LogP contribution in [-0.4, -0.2) is 44.7 Å². The van der Waals surface area contributed by atoms with Gasteiger partial charge in [0, 0.05) is 13.1 Å². The third-order valence-electron chi connectivity index (χ3n) is 4.69. The second kappa shape index (κ2) is 9.82. The fraction of sp³-hybridized carbons (Fsp3) is 0.364. The second-order valence-corrected chi connectivity index (χ2v) is 6.87. The molecule has 0 radical (unpaired) electrons. The minimum Gasteiger partial charge on any atom is -0.497 e. The highest BCUT2D eigenvalue weighted by Crippen LogP contribution is 2.32. The Morgan fingerprint density at radius 3 is 2.62 bits per heavy atom. The van der Waals surface area contributed by atoms with E-state index in [1.165, 1.54) is 0 Å². The molecule has 7 heteroatoms. The first-order chi connectivity index (χ1) is 14.1. The number of ether oxygens (including phenoxy) is 2. The highest BCUT2D eigenvalue weighted by atomic mass is 16.5. The first-order valence-corrected chi connectivity index (χ1v) is 9.78. The Labute approximate surface area is 171 Å². The molecule has 0 saturated heterocycles. The molecular weight excluding hydrogens is 370 g/mol. The van der Waals surface area contributed by atoms with E-state index in [1.54, 1.807) is 7.11 Å². The maximum absolute atomic E-state index is 12.5. The minimum atomic E-state index is -0.647. The van der Waals surface area contributed by atoms with Gasteiger partial charge in [-0.3, -0.25) is 9.59 Å². The van der Waals surface area contributed by atoms with E-state index in [9.17, 15) is 9.59 Å². The van der Waals surface area contributed by atoms with Crippen molar-refractivity contribution < 1.29 is 19.1 Å². The highest BCUT2D eigenvalue weighted by molar-refractivity contribution is 5.86. The SMILES string of the molecule is CCCNC(=O)[C@H]1CN(CC(=O)NCc2ccc(OC)cc2)c2ccccc2O1. The van der Waals surface area contributed by atoms with Gasteiger partial charge >= 0.3 is 0 Å². The number of hydrogen-bond acceptors (Lipinski definition) is 5. The summed E-state index contributed by atoms with van der Waals surface area (Å²) >= 11 is 0. The molecule has 7 nitrogen and oxygen atoms in total. The van der Waals surface area contributed by atoms with Crippen LogP contribution in [0.1, 0.15) is 18.9 Å². The average Bonchev–Trinajstić information content (AvgIpc) is 2.76. The van der Waals surface area contributed by atoms with Gasteiger partial charge in [0.2, 0.25) is 5.91 Å². The van der Waals surface area contributed by atoms with Crippen LogP contribution in [0.5, 0.6) is 11.5 Å². The van der Waals surface area contributed by atoms with Crippen molar-refractivity contribution in [2.24, 2.45) is 0 Å². The third-order valence-corrected chi connectivity index (χ3v) is 4.69. The van der Waals surface area contributed by atoms with Crippen molar-refractivity contribution in [1.29, 1.82) is 0 Å². The van der Waals surface area contributed by atoms with E-state index in [2.05, 4.69) is 10.6 Å². The van der Waals surface area contributed by atoms with Crippen LogP contribution in [0.25, 0.3) is 0 Å². The quantitative estimate of drug-likeness (QED) is 0.713. The van der Waals surface area contributed by atoms with Gasteiger partial charge in [-0.2, -0.15) is 0 Å². The van der Waals surface area contributed by atoms with Gasteiger partial charge in [0.05, 0.1) is 25.9 Å². The Bertz CT molecular complexity index is 838. The van der Waals surface area contributed by atoms with Gasteiger partial charge in [-0.1, -0.05) is 31.2 Å². The maximum atomic E-state index is 12.5. The molecule has 2 aromatic carbocycles. The number of nitrogens with zero attached hydrogens (tertiary/aromatic N) is 1. The molecule has 29 heavy (non-hydrogen) atoms. The van der Waals surface area contributed by atoms with Crippen molar-refractivity contribution in [3.05, 3.63) is 54.1 Å². The molecule has 0 aliphatic carbocycles. The van der Waals surface area contributed by atoms with E-state index < -0.39 is 6.10 Å². The van der Waals surface area contributed by atoms with E-state index in [0.29, 0.717) is 25.4 Å². The number of fused-ring (bicyclic) bond motifs is 1. The number of amides is 2. The number of para-hydroxylation sites is 2. The lowest BCUT2D eigenvalue weighted by Crippen LogP contribution is -2.51. The summed E-state index contributed by atoms with van der Waals surface area (Å²) in [6.45, 7) is 3.49. The predicted octanol–water partition coefficient (Wildman–Crippen LogP) is 2.11. The zero-order chi connectivity index (χ0) is 20.6. The lowest BCUT2D eigenvalue weighted by Gasteiger charge is -2.35. The van der Waals surface area contributed by atoms with Gasteiger partial charge in [-0.15, -0.1) is 0 Å². The predicted molar refractivity (Wildman–Crippen MR) is 111 cm³/mol. The first-order valence-electron chi connectivity index (χ1n) is 9.78. The number of carbonyl (C=O) groups is 2. The van der Waals surface area contributed by atoms with Crippen molar-refractivity contribution in [2.45, 2.75) is 26.0 Å². The molecule has 1 aliphatic heterocycles. The van der Waals surface area contributed by atoms with Crippen LogP contribution in [0.2, 0.25) is 0 Å². The number of hydrogen-bond donors (Lipinski definition) is 2. The number of methoxy groups -OCH3 is 1. The zero-order valence-corrected chi connectivity index (χ0v) is 16.8. The van der Waals surface area contributed by atoms with Crippen molar-refractivity contribution in [2.75, 3.05) is 31.6 Å². The fourth-order valence-electron chi connectivity index (χ4n) is 3.13. The Balaban J connectivity index is 1.62. The Morgan fingerprint density at radius 1 is 1.14 bits per heavy atom. The molecule has 0 saturated carbocycles. The van der Waals surface area contributed by atoms with E-state index in [4.69, 9.17) is 9.47 Å².